The molecule has 1 aromatic heterocycles. The van der Waals surface area contributed by atoms with Crippen molar-refractivity contribution in [2.45, 2.75) is 37.1 Å². The van der Waals surface area contributed by atoms with Crippen molar-refractivity contribution in [3.63, 3.8) is 0 Å². The summed E-state index contributed by atoms with van der Waals surface area (Å²) in [5, 5.41) is 19.8. The van der Waals surface area contributed by atoms with Gasteiger partial charge >= 0.3 is 0 Å². The molecule has 29 heavy (non-hydrogen) atoms. The van der Waals surface area contributed by atoms with E-state index in [0.29, 0.717) is 11.5 Å². The van der Waals surface area contributed by atoms with Gasteiger partial charge in [-0.1, -0.05) is 30.7 Å². The van der Waals surface area contributed by atoms with Crippen molar-refractivity contribution in [1.82, 2.24) is 14.8 Å². The first kappa shape index (κ1) is 19.1. The Bertz CT molecular complexity index is 1170. The number of aromatic nitrogens is 3. The summed E-state index contributed by atoms with van der Waals surface area (Å²) in [7, 11) is -4.13. The second-order valence-electron chi connectivity index (χ2n) is 6.81. The molecule has 150 valence electrons. The second-order valence-corrected chi connectivity index (χ2v) is 8.46. The first-order valence-electron chi connectivity index (χ1n) is 9.24. The Balaban J connectivity index is 1.67. The Morgan fingerprint density at radius 3 is 2.69 bits per heavy atom. The first-order chi connectivity index (χ1) is 14.0. The number of aryl methyl sites for hydroxylation is 1. The Morgan fingerprint density at radius 2 is 1.86 bits per heavy atom. The van der Waals surface area contributed by atoms with E-state index < -0.39 is 20.6 Å². The number of rotatable bonds is 5. The van der Waals surface area contributed by atoms with Crippen LogP contribution in [0.5, 0.6) is 0 Å². The molecule has 9 nitrogen and oxygen atoms in total. The van der Waals surface area contributed by atoms with Gasteiger partial charge in [-0.05, 0) is 31.0 Å². The summed E-state index contributed by atoms with van der Waals surface area (Å²) in [4.78, 5) is 10.1. The van der Waals surface area contributed by atoms with Gasteiger partial charge in [-0.15, -0.1) is 10.2 Å². The van der Waals surface area contributed by atoms with Gasteiger partial charge in [0.05, 0.1) is 4.92 Å². The smallest absolute Gasteiger partial charge is 0.289 e. The van der Waals surface area contributed by atoms with Crippen LogP contribution in [0.3, 0.4) is 0 Å². The van der Waals surface area contributed by atoms with Crippen LogP contribution >= 0.6 is 0 Å². The number of benzene rings is 2. The lowest BCUT2D eigenvalue weighted by Crippen LogP contribution is -2.14. The number of sulfonamides is 1. The van der Waals surface area contributed by atoms with Gasteiger partial charge in [0, 0.05) is 30.3 Å². The largest absolute Gasteiger partial charge is 0.311 e. The van der Waals surface area contributed by atoms with E-state index in [1.165, 1.54) is 18.2 Å². The van der Waals surface area contributed by atoms with Crippen molar-refractivity contribution < 1.29 is 13.3 Å². The molecule has 0 aliphatic carbocycles. The van der Waals surface area contributed by atoms with Crippen LogP contribution in [0.1, 0.15) is 25.1 Å². The van der Waals surface area contributed by atoms with Crippen molar-refractivity contribution in [1.29, 1.82) is 0 Å². The van der Waals surface area contributed by atoms with Gasteiger partial charge in [-0.25, -0.2) is 8.42 Å². The van der Waals surface area contributed by atoms with E-state index in [2.05, 4.69) is 19.5 Å². The molecule has 0 amide bonds. The van der Waals surface area contributed by atoms with Gasteiger partial charge in [0.15, 0.2) is 10.7 Å². The highest BCUT2D eigenvalue weighted by Crippen LogP contribution is 2.28. The van der Waals surface area contributed by atoms with E-state index in [1.54, 1.807) is 18.2 Å². The van der Waals surface area contributed by atoms with E-state index in [-0.39, 0.29) is 4.90 Å². The molecule has 0 bridgehead atoms. The van der Waals surface area contributed by atoms with Crippen LogP contribution in [0.4, 0.5) is 11.4 Å². The average Bonchev–Trinajstić information content (AvgIpc) is 2.96. The fraction of sp³-hybridized carbons (Fsp3) is 0.263. The van der Waals surface area contributed by atoms with Crippen molar-refractivity contribution in [2.75, 3.05) is 4.72 Å². The maximum Gasteiger partial charge on any atom is 0.289 e. The second kappa shape index (κ2) is 7.63. The zero-order chi connectivity index (χ0) is 20.4. The standard InChI is InChI=1S/C19H19N5O4S/c25-24(26)16-9-3-4-10-17(16)29(27,28)22-15-8-6-7-14(13-15)19-21-20-18-11-2-1-5-12-23(18)19/h3-4,6-10,13,22H,1-2,5,11-12H2. The molecule has 0 spiro atoms. The van der Waals surface area contributed by atoms with Gasteiger partial charge in [0.25, 0.3) is 15.7 Å². The highest BCUT2D eigenvalue weighted by Gasteiger charge is 2.25. The van der Waals surface area contributed by atoms with Gasteiger partial charge in [0.2, 0.25) is 0 Å². The minimum Gasteiger partial charge on any atom is -0.311 e. The summed E-state index contributed by atoms with van der Waals surface area (Å²) < 4.78 is 30.0. The third-order valence-electron chi connectivity index (χ3n) is 4.83. The molecule has 0 unspecified atom stereocenters. The summed E-state index contributed by atoms with van der Waals surface area (Å²) in [6.07, 6.45) is 4.13. The number of hydrogen-bond acceptors (Lipinski definition) is 6. The fourth-order valence-corrected chi connectivity index (χ4v) is 4.69. The molecular formula is C19H19N5O4S. The zero-order valence-electron chi connectivity index (χ0n) is 15.5. The molecule has 3 aromatic rings. The van der Waals surface area contributed by atoms with Crippen LogP contribution < -0.4 is 4.72 Å². The molecule has 1 aliphatic heterocycles. The van der Waals surface area contributed by atoms with E-state index in [9.17, 15) is 18.5 Å². The highest BCUT2D eigenvalue weighted by atomic mass is 32.2. The summed E-state index contributed by atoms with van der Waals surface area (Å²) in [6.45, 7) is 0.823. The Labute approximate surface area is 167 Å². The van der Waals surface area contributed by atoms with Crippen molar-refractivity contribution >= 4 is 21.4 Å². The molecule has 0 saturated heterocycles. The number of fused-ring (bicyclic) bond motifs is 1. The molecule has 1 N–H and O–H groups in total. The summed E-state index contributed by atoms with van der Waals surface area (Å²) in [6, 6.07) is 12.1. The lowest BCUT2D eigenvalue weighted by Gasteiger charge is -2.11. The molecule has 1 aliphatic rings. The number of anilines is 1. The zero-order valence-corrected chi connectivity index (χ0v) is 16.3. The molecule has 0 atom stereocenters. The Hall–Kier alpha value is -3.27. The molecule has 2 heterocycles. The summed E-state index contributed by atoms with van der Waals surface area (Å²) in [5.74, 6) is 1.62. The predicted octanol–water partition coefficient (Wildman–Crippen LogP) is 3.38. The molecule has 0 saturated carbocycles. The molecular weight excluding hydrogens is 394 g/mol. The SMILES string of the molecule is O=[N+]([O-])c1ccccc1S(=O)(=O)Nc1cccc(-c2nnc3n2CCCCC3)c1. The Kier molecular flexibility index (Phi) is 5.01. The molecule has 4 rings (SSSR count). The summed E-state index contributed by atoms with van der Waals surface area (Å²) in [5.41, 5.74) is 0.555. The minimum absolute atomic E-state index is 0.298. The first-order valence-corrected chi connectivity index (χ1v) is 10.7. The molecule has 2 aromatic carbocycles. The number of hydrogen-bond donors (Lipinski definition) is 1. The third kappa shape index (κ3) is 3.83. The van der Waals surface area contributed by atoms with Gasteiger partial charge in [-0.3, -0.25) is 14.8 Å². The lowest BCUT2D eigenvalue weighted by molar-refractivity contribution is -0.387. The molecule has 10 heteroatoms. The monoisotopic (exact) mass is 413 g/mol. The normalized spacial score (nSPS) is 14.1. The quantitative estimate of drug-likeness (QED) is 0.506. The number of nitrogens with zero attached hydrogens (tertiary/aromatic N) is 4. The lowest BCUT2D eigenvalue weighted by atomic mass is 10.2. The van der Waals surface area contributed by atoms with Crippen LogP contribution in [0, 0.1) is 10.1 Å². The van der Waals surface area contributed by atoms with Gasteiger partial charge in [-0.2, -0.15) is 0 Å². The number of nitro groups is 1. The van der Waals surface area contributed by atoms with Crippen LogP contribution in [-0.2, 0) is 23.0 Å². The van der Waals surface area contributed by atoms with E-state index in [1.807, 2.05) is 6.07 Å². The predicted molar refractivity (Wildman–Crippen MR) is 107 cm³/mol. The minimum atomic E-state index is -4.13. The van der Waals surface area contributed by atoms with Crippen LogP contribution in [0.2, 0.25) is 0 Å². The van der Waals surface area contributed by atoms with Crippen LogP contribution in [0.25, 0.3) is 11.4 Å². The Morgan fingerprint density at radius 1 is 1.03 bits per heavy atom. The van der Waals surface area contributed by atoms with E-state index in [0.717, 1.165) is 49.7 Å². The van der Waals surface area contributed by atoms with Crippen molar-refractivity contribution in [3.8, 4) is 11.4 Å². The maximum atomic E-state index is 12.8. The van der Waals surface area contributed by atoms with E-state index >= 15 is 0 Å². The fourth-order valence-electron chi connectivity index (χ4n) is 3.47. The van der Waals surface area contributed by atoms with Crippen molar-refractivity contribution in [2.24, 2.45) is 0 Å². The van der Waals surface area contributed by atoms with Gasteiger partial charge in [0.1, 0.15) is 5.82 Å². The average molecular weight is 413 g/mol. The molecule has 0 radical (unpaired) electrons. The summed E-state index contributed by atoms with van der Waals surface area (Å²) >= 11 is 0. The highest BCUT2D eigenvalue weighted by molar-refractivity contribution is 7.92. The van der Waals surface area contributed by atoms with Crippen molar-refractivity contribution in [3.05, 3.63) is 64.5 Å². The number of para-hydroxylation sites is 1. The van der Waals surface area contributed by atoms with Gasteiger partial charge < -0.3 is 4.57 Å². The molecule has 0 fully saturated rings. The van der Waals surface area contributed by atoms with Crippen LogP contribution in [0.15, 0.2) is 53.4 Å². The maximum absolute atomic E-state index is 12.8. The number of nitrogens with one attached hydrogen (secondary N) is 1. The van der Waals surface area contributed by atoms with E-state index in [4.69, 9.17) is 0 Å². The third-order valence-corrected chi connectivity index (χ3v) is 6.26. The van der Waals surface area contributed by atoms with Crippen LogP contribution in [-0.4, -0.2) is 28.1 Å². The number of nitro benzene ring substituents is 1. The topological polar surface area (TPSA) is 120 Å².